The van der Waals surface area contributed by atoms with E-state index in [1.165, 1.54) is 18.9 Å². The maximum atomic E-state index is 13.7. The molecule has 1 N–H and O–H groups in total. The molecule has 1 aliphatic rings. The number of halogens is 2. The normalized spacial score (nSPS) is 21.1. The van der Waals surface area contributed by atoms with Gasteiger partial charge in [-0.1, -0.05) is 24.1 Å². The summed E-state index contributed by atoms with van der Waals surface area (Å²) in [6.07, 6.45) is 4.26. The lowest BCUT2D eigenvalue weighted by Crippen LogP contribution is -2.35. The van der Waals surface area contributed by atoms with Crippen molar-refractivity contribution in [2.45, 2.75) is 38.6 Å². The highest BCUT2D eigenvalue weighted by molar-refractivity contribution is 6.32. The second-order valence-corrected chi connectivity index (χ2v) is 4.89. The molecule has 0 saturated carbocycles. The lowest BCUT2D eigenvalue weighted by Gasteiger charge is -2.24. The monoisotopic (exact) mass is 241 g/mol. The first-order valence-corrected chi connectivity index (χ1v) is 6.23. The van der Waals surface area contributed by atoms with Crippen LogP contribution in [-0.4, -0.2) is 12.6 Å². The average Bonchev–Trinajstić information content (AvgIpc) is 2.31. The van der Waals surface area contributed by atoms with Crippen LogP contribution < -0.4 is 5.32 Å². The topological polar surface area (TPSA) is 12.0 Å². The Labute approximate surface area is 101 Å². The molecule has 0 spiro atoms. The Bertz CT molecular complexity index is 372. The molecule has 3 heteroatoms. The van der Waals surface area contributed by atoms with E-state index in [0.717, 1.165) is 18.5 Å². The summed E-state index contributed by atoms with van der Waals surface area (Å²) in [6, 6.07) is 3.62. The number of hydrogen-bond acceptors (Lipinski definition) is 1. The second-order valence-electron chi connectivity index (χ2n) is 4.51. The zero-order valence-electron chi connectivity index (χ0n) is 9.52. The largest absolute Gasteiger partial charge is 0.314 e. The fraction of sp³-hybridized carbons (Fsp3) is 0.538. The molecule has 1 saturated heterocycles. The molecule has 1 aromatic carbocycles. The van der Waals surface area contributed by atoms with E-state index in [-0.39, 0.29) is 5.82 Å². The summed E-state index contributed by atoms with van der Waals surface area (Å²) in [5, 5.41) is 4.01. The highest BCUT2D eigenvalue weighted by Gasteiger charge is 2.17. The Morgan fingerprint density at radius 1 is 1.44 bits per heavy atom. The van der Waals surface area contributed by atoms with E-state index >= 15 is 0 Å². The van der Waals surface area contributed by atoms with Crippen LogP contribution in [0.25, 0.3) is 0 Å². The maximum Gasteiger partial charge on any atom is 0.127 e. The first-order chi connectivity index (χ1) is 7.68. The molecular weight excluding hydrogens is 225 g/mol. The molecule has 88 valence electrons. The predicted octanol–water partition coefficient (Wildman–Crippen LogP) is 3.47. The van der Waals surface area contributed by atoms with E-state index in [1.54, 1.807) is 6.07 Å². The Morgan fingerprint density at radius 2 is 2.25 bits per heavy atom. The summed E-state index contributed by atoms with van der Waals surface area (Å²) in [7, 11) is 0. The van der Waals surface area contributed by atoms with Crippen molar-refractivity contribution < 1.29 is 4.39 Å². The molecule has 2 rings (SSSR count). The molecular formula is C13H17ClFN. The Kier molecular flexibility index (Phi) is 3.82. The minimum absolute atomic E-state index is 0.178. The number of benzene rings is 1. The van der Waals surface area contributed by atoms with Gasteiger partial charge in [-0.2, -0.15) is 0 Å². The Hall–Kier alpha value is -0.600. The third kappa shape index (κ3) is 2.55. The van der Waals surface area contributed by atoms with Gasteiger partial charge in [-0.3, -0.25) is 0 Å². The van der Waals surface area contributed by atoms with E-state index in [9.17, 15) is 4.39 Å². The maximum absolute atomic E-state index is 13.7. The van der Waals surface area contributed by atoms with Crippen molar-refractivity contribution >= 4 is 11.6 Å². The summed E-state index contributed by atoms with van der Waals surface area (Å²) in [5.41, 5.74) is 1.62. The first-order valence-electron chi connectivity index (χ1n) is 5.85. The van der Waals surface area contributed by atoms with Crippen LogP contribution >= 0.6 is 11.6 Å². The minimum Gasteiger partial charge on any atom is -0.314 e. The first kappa shape index (κ1) is 11.9. The number of aryl methyl sites for hydroxylation is 1. The van der Waals surface area contributed by atoms with Crippen LogP contribution in [0.1, 0.15) is 30.4 Å². The zero-order valence-corrected chi connectivity index (χ0v) is 10.3. The van der Waals surface area contributed by atoms with E-state index in [4.69, 9.17) is 11.6 Å². The van der Waals surface area contributed by atoms with Gasteiger partial charge in [0.25, 0.3) is 0 Å². The van der Waals surface area contributed by atoms with Gasteiger partial charge in [0, 0.05) is 16.6 Å². The van der Waals surface area contributed by atoms with Gasteiger partial charge in [-0.25, -0.2) is 4.39 Å². The van der Waals surface area contributed by atoms with Crippen molar-refractivity contribution in [2.24, 2.45) is 0 Å². The molecule has 1 aromatic rings. The zero-order chi connectivity index (χ0) is 11.5. The molecule has 0 bridgehead atoms. The van der Waals surface area contributed by atoms with Crippen molar-refractivity contribution in [3.8, 4) is 0 Å². The highest BCUT2D eigenvalue weighted by Crippen LogP contribution is 2.26. The molecule has 1 atom stereocenters. The van der Waals surface area contributed by atoms with E-state index < -0.39 is 0 Å². The van der Waals surface area contributed by atoms with Crippen LogP contribution in [0.2, 0.25) is 5.02 Å². The molecule has 0 aromatic heterocycles. The van der Waals surface area contributed by atoms with Gasteiger partial charge in [0.2, 0.25) is 0 Å². The third-order valence-corrected chi connectivity index (χ3v) is 3.77. The number of piperidine rings is 1. The minimum atomic E-state index is -0.178. The summed E-state index contributed by atoms with van der Waals surface area (Å²) in [4.78, 5) is 0. The quantitative estimate of drug-likeness (QED) is 0.836. The van der Waals surface area contributed by atoms with Crippen molar-refractivity contribution in [1.29, 1.82) is 0 Å². The summed E-state index contributed by atoms with van der Waals surface area (Å²) < 4.78 is 13.7. The van der Waals surface area contributed by atoms with Gasteiger partial charge in [-0.05, 0) is 44.4 Å². The van der Waals surface area contributed by atoms with Crippen LogP contribution in [-0.2, 0) is 6.42 Å². The highest BCUT2D eigenvalue weighted by atomic mass is 35.5. The Morgan fingerprint density at radius 3 is 2.94 bits per heavy atom. The third-order valence-electron chi connectivity index (χ3n) is 3.24. The summed E-state index contributed by atoms with van der Waals surface area (Å²) in [6.45, 7) is 2.95. The molecule has 1 heterocycles. The van der Waals surface area contributed by atoms with Crippen LogP contribution in [0.5, 0.6) is 0 Å². The number of nitrogens with one attached hydrogen (secondary N) is 1. The summed E-state index contributed by atoms with van der Waals surface area (Å²) >= 11 is 6.15. The number of rotatable bonds is 2. The molecule has 16 heavy (non-hydrogen) atoms. The smallest absolute Gasteiger partial charge is 0.127 e. The van der Waals surface area contributed by atoms with Crippen molar-refractivity contribution in [2.75, 3.05) is 6.54 Å². The molecule has 1 unspecified atom stereocenters. The molecule has 1 aliphatic heterocycles. The molecule has 1 fully saturated rings. The molecule has 0 aliphatic carbocycles. The van der Waals surface area contributed by atoms with Gasteiger partial charge in [0.15, 0.2) is 0 Å². The molecule has 1 nitrogen and oxygen atoms in total. The summed E-state index contributed by atoms with van der Waals surface area (Å²) in [5.74, 6) is -0.178. The van der Waals surface area contributed by atoms with E-state index in [0.29, 0.717) is 23.0 Å². The van der Waals surface area contributed by atoms with Crippen LogP contribution in [0.15, 0.2) is 12.1 Å². The Balaban J connectivity index is 2.16. The van der Waals surface area contributed by atoms with Gasteiger partial charge >= 0.3 is 0 Å². The van der Waals surface area contributed by atoms with Crippen LogP contribution in [0.4, 0.5) is 4.39 Å². The molecule has 0 radical (unpaired) electrons. The fourth-order valence-corrected chi connectivity index (χ4v) is 2.48. The van der Waals surface area contributed by atoms with Crippen molar-refractivity contribution in [1.82, 2.24) is 5.32 Å². The van der Waals surface area contributed by atoms with Gasteiger partial charge < -0.3 is 5.32 Å². The average molecular weight is 242 g/mol. The standard InChI is InChI=1S/C13H17ClFN/c1-9-5-6-12(15)11(13(9)14)8-10-4-2-3-7-16-10/h5-6,10,16H,2-4,7-8H2,1H3. The van der Waals surface area contributed by atoms with Crippen molar-refractivity contribution in [3.63, 3.8) is 0 Å². The fourth-order valence-electron chi connectivity index (χ4n) is 2.25. The SMILES string of the molecule is Cc1ccc(F)c(CC2CCCCN2)c1Cl. The van der Waals surface area contributed by atoms with Gasteiger partial charge in [-0.15, -0.1) is 0 Å². The van der Waals surface area contributed by atoms with Crippen LogP contribution in [0, 0.1) is 12.7 Å². The van der Waals surface area contributed by atoms with Gasteiger partial charge in [0.05, 0.1) is 0 Å². The van der Waals surface area contributed by atoms with Crippen molar-refractivity contribution in [3.05, 3.63) is 34.1 Å². The van der Waals surface area contributed by atoms with E-state index in [2.05, 4.69) is 5.32 Å². The number of hydrogen-bond donors (Lipinski definition) is 1. The van der Waals surface area contributed by atoms with Crippen LogP contribution in [0.3, 0.4) is 0 Å². The lowest BCUT2D eigenvalue weighted by molar-refractivity contribution is 0.395. The second kappa shape index (κ2) is 5.15. The van der Waals surface area contributed by atoms with E-state index in [1.807, 2.05) is 6.92 Å². The lowest BCUT2D eigenvalue weighted by atomic mass is 9.96. The van der Waals surface area contributed by atoms with Gasteiger partial charge in [0.1, 0.15) is 5.82 Å². The molecule has 0 amide bonds. The predicted molar refractivity (Wildman–Crippen MR) is 65.5 cm³/mol.